The van der Waals surface area contributed by atoms with Crippen molar-refractivity contribution in [3.05, 3.63) is 29.1 Å². The summed E-state index contributed by atoms with van der Waals surface area (Å²) in [6, 6.07) is 5.09. The Balaban J connectivity index is 1.99. The molecule has 0 aliphatic carbocycles. The second-order valence-corrected chi connectivity index (χ2v) is 5.74. The third kappa shape index (κ3) is 2.39. The van der Waals surface area contributed by atoms with Gasteiger partial charge in [0.1, 0.15) is 5.75 Å². The number of hydrogen-bond acceptors (Lipinski definition) is 6. The summed E-state index contributed by atoms with van der Waals surface area (Å²) >= 11 is 5.96. The molecule has 0 amide bonds. The van der Waals surface area contributed by atoms with Crippen molar-refractivity contribution >= 4 is 11.6 Å². The van der Waals surface area contributed by atoms with Crippen LogP contribution in [-0.2, 0) is 10.2 Å². The first kappa shape index (κ1) is 14.3. The van der Waals surface area contributed by atoms with Gasteiger partial charge in [0.15, 0.2) is 0 Å². The van der Waals surface area contributed by atoms with Gasteiger partial charge in [0, 0.05) is 11.1 Å². The third-order valence-electron chi connectivity index (χ3n) is 3.84. The van der Waals surface area contributed by atoms with Gasteiger partial charge < -0.3 is 19.7 Å². The lowest BCUT2D eigenvalue weighted by molar-refractivity contribution is 0.169. The molecule has 21 heavy (non-hydrogen) atoms. The average molecular weight is 310 g/mol. The molecule has 7 heteroatoms. The fraction of sp³-hybridized carbons (Fsp3) is 0.429. The summed E-state index contributed by atoms with van der Waals surface area (Å²) in [5, 5.41) is 4.61. The van der Waals surface area contributed by atoms with E-state index < -0.39 is 5.41 Å². The fourth-order valence-corrected chi connectivity index (χ4v) is 2.49. The van der Waals surface area contributed by atoms with Crippen molar-refractivity contribution < 1.29 is 14.0 Å². The number of nitrogens with two attached hydrogens (primary N) is 1. The number of hydrogen-bond donors (Lipinski definition) is 1. The van der Waals surface area contributed by atoms with E-state index in [0.717, 1.165) is 0 Å². The van der Waals surface area contributed by atoms with Gasteiger partial charge in [0.25, 0.3) is 0 Å². The van der Waals surface area contributed by atoms with Crippen molar-refractivity contribution in [2.45, 2.75) is 18.4 Å². The number of methoxy groups -OCH3 is 1. The van der Waals surface area contributed by atoms with Crippen LogP contribution in [0.5, 0.6) is 5.75 Å². The summed E-state index contributed by atoms with van der Waals surface area (Å²) in [5.41, 5.74) is 6.32. The highest BCUT2D eigenvalue weighted by molar-refractivity contribution is 6.30. The van der Waals surface area contributed by atoms with E-state index in [1.54, 1.807) is 25.3 Å². The standard InChI is InChI=1S/C14H16ClN3O3/c1-14(7-20-6-11(14)16)13-17-12(18-21-13)9-4-3-8(15)5-10(9)19-2/h3-5,11H,6-7,16H2,1-2H3. The zero-order valence-corrected chi connectivity index (χ0v) is 12.6. The van der Waals surface area contributed by atoms with E-state index in [2.05, 4.69) is 10.1 Å². The minimum Gasteiger partial charge on any atom is -0.496 e. The summed E-state index contributed by atoms with van der Waals surface area (Å²) < 4.78 is 16.1. The molecule has 1 saturated heterocycles. The fourth-order valence-electron chi connectivity index (χ4n) is 2.32. The maximum absolute atomic E-state index is 6.07. The number of ether oxygens (including phenoxy) is 2. The monoisotopic (exact) mass is 309 g/mol. The largest absolute Gasteiger partial charge is 0.496 e. The van der Waals surface area contributed by atoms with E-state index in [1.807, 2.05) is 6.92 Å². The molecule has 1 fully saturated rings. The Morgan fingerprint density at radius 3 is 2.95 bits per heavy atom. The molecule has 0 spiro atoms. The zero-order chi connectivity index (χ0) is 15.0. The second-order valence-electron chi connectivity index (χ2n) is 5.31. The smallest absolute Gasteiger partial charge is 0.236 e. The Labute approximate surface area is 127 Å². The van der Waals surface area contributed by atoms with Crippen LogP contribution in [0, 0.1) is 0 Å². The summed E-state index contributed by atoms with van der Waals surface area (Å²) in [4.78, 5) is 4.46. The van der Waals surface area contributed by atoms with E-state index in [4.69, 9.17) is 31.3 Å². The van der Waals surface area contributed by atoms with Crippen LogP contribution in [0.2, 0.25) is 5.02 Å². The Bertz CT molecular complexity index is 661. The van der Waals surface area contributed by atoms with Crippen molar-refractivity contribution in [1.82, 2.24) is 10.1 Å². The highest BCUT2D eigenvalue weighted by Crippen LogP contribution is 2.34. The molecule has 0 bridgehead atoms. The maximum atomic E-state index is 6.07. The van der Waals surface area contributed by atoms with E-state index in [9.17, 15) is 0 Å². The Morgan fingerprint density at radius 1 is 1.48 bits per heavy atom. The Kier molecular flexibility index (Phi) is 3.61. The van der Waals surface area contributed by atoms with Crippen LogP contribution in [0.4, 0.5) is 0 Å². The van der Waals surface area contributed by atoms with E-state index in [-0.39, 0.29) is 6.04 Å². The number of nitrogens with zero attached hydrogens (tertiary/aromatic N) is 2. The predicted molar refractivity (Wildman–Crippen MR) is 77.4 cm³/mol. The molecule has 2 unspecified atom stereocenters. The van der Waals surface area contributed by atoms with Crippen LogP contribution >= 0.6 is 11.6 Å². The highest BCUT2D eigenvalue weighted by atomic mass is 35.5. The van der Waals surface area contributed by atoms with Gasteiger partial charge in [-0.25, -0.2) is 0 Å². The first-order valence-corrected chi connectivity index (χ1v) is 6.94. The topological polar surface area (TPSA) is 83.4 Å². The van der Waals surface area contributed by atoms with Crippen LogP contribution in [0.3, 0.4) is 0 Å². The van der Waals surface area contributed by atoms with Crippen LogP contribution in [-0.4, -0.2) is 36.5 Å². The van der Waals surface area contributed by atoms with Crippen LogP contribution in [0.15, 0.2) is 22.7 Å². The minimum atomic E-state index is -0.467. The number of benzene rings is 1. The SMILES string of the molecule is COc1cc(Cl)ccc1-c1noc(C2(C)COCC2N)n1. The highest BCUT2D eigenvalue weighted by Gasteiger charge is 2.44. The van der Waals surface area contributed by atoms with Gasteiger partial charge in [-0.15, -0.1) is 0 Å². The predicted octanol–water partition coefficient (Wildman–Crippen LogP) is 2.01. The molecule has 0 radical (unpaired) electrons. The molecular weight excluding hydrogens is 294 g/mol. The summed E-state index contributed by atoms with van der Waals surface area (Å²) in [6.07, 6.45) is 0. The summed E-state index contributed by atoms with van der Waals surface area (Å²) in [7, 11) is 1.57. The van der Waals surface area contributed by atoms with Crippen molar-refractivity contribution in [1.29, 1.82) is 0 Å². The van der Waals surface area contributed by atoms with Gasteiger partial charge >= 0.3 is 0 Å². The average Bonchev–Trinajstić information content (AvgIpc) is 3.08. The molecule has 2 aromatic rings. The molecule has 1 aliphatic rings. The van der Waals surface area contributed by atoms with Crippen LogP contribution < -0.4 is 10.5 Å². The van der Waals surface area contributed by atoms with Gasteiger partial charge in [-0.2, -0.15) is 4.98 Å². The second kappa shape index (κ2) is 5.29. The lowest BCUT2D eigenvalue weighted by atomic mass is 9.86. The molecule has 112 valence electrons. The molecule has 0 saturated carbocycles. The van der Waals surface area contributed by atoms with Crippen molar-refractivity contribution in [2.75, 3.05) is 20.3 Å². The zero-order valence-electron chi connectivity index (χ0n) is 11.8. The van der Waals surface area contributed by atoms with Crippen molar-refractivity contribution in [3.63, 3.8) is 0 Å². The number of aromatic nitrogens is 2. The normalized spacial score (nSPS) is 25.2. The van der Waals surface area contributed by atoms with Gasteiger partial charge in [-0.3, -0.25) is 0 Å². The minimum absolute atomic E-state index is 0.169. The Hall–Kier alpha value is -1.63. The number of rotatable bonds is 3. The third-order valence-corrected chi connectivity index (χ3v) is 4.07. The maximum Gasteiger partial charge on any atom is 0.236 e. The van der Waals surface area contributed by atoms with Gasteiger partial charge in [0.2, 0.25) is 11.7 Å². The first-order valence-electron chi connectivity index (χ1n) is 6.56. The summed E-state index contributed by atoms with van der Waals surface area (Å²) in [5.74, 6) is 1.50. The molecular formula is C14H16ClN3O3. The molecule has 6 nitrogen and oxygen atoms in total. The van der Waals surface area contributed by atoms with Crippen LogP contribution in [0.1, 0.15) is 12.8 Å². The molecule has 1 aromatic heterocycles. The molecule has 3 rings (SSSR count). The molecule has 1 aliphatic heterocycles. The quantitative estimate of drug-likeness (QED) is 0.934. The lowest BCUT2D eigenvalue weighted by Crippen LogP contribution is -2.42. The van der Waals surface area contributed by atoms with E-state index in [0.29, 0.717) is 41.3 Å². The lowest BCUT2D eigenvalue weighted by Gasteiger charge is -2.21. The van der Waals surface area contributed by atoms with Crippen molar-refractivity contribution in [3.8, 4) is 17.1 Å². The van der Waals surface area contributed by atoms with Crippen LogP contribution in [0.25, 0.3) is 11.4 Å². The molecule has 2 atom stereocenters. The summed E-state index contributed by atoms with van der Waals surface area (Å²) in [6.45, 7) is 2.91. The van der Waals surface area contributed by atoms with E-state index >= 15 is 0 Å². The molecule has 2 heterocycles. The van der Waals surface area contributed by atoms with Gasteiger partial charge in [-0.05, 0) is 25.1 Å². The van der Waals surface area contributed by atoms with E-state index in [1.165, 1.54) is 0 Å². The Morgan fingerprint density at radius 2 is 2.29 bits per heavy atom. The van der Waals surface area contributed by atoms with Gasteiger partial charge in [-0.1, -0.05) is 16.8 Å². The molecule has 1 aromatic carbocycles. The number of halogens is 1. The van der Waals surface area contributed by atoms with Crippen molar-refractivity contribution in [2.24, 2.45) is 5.73 Å². The molecule has 2 N–H and O–H groups in total. The first-order chi connectivity index (χ1) is 10.0. The van der Waals surface area contributed by atoms with Gasteiger partial charge in [0.05, 0.1) is 31.3 Å².